The van der Waals surface area contributed by atoms with Crippen molar-refractivity contribution in [2.24, 2.45) is 0 Å². The third kappa shape index (κ3) is 2.94. The van der Waals surface area contributed by atoms with Crippen molar-refractivity contribution in [1.29, 1.82) is 0 Å². The summed E-state index contributed by atoms with van der Waals surface area (Å²) in [7, 11) is 1.99. The van der Waals surface area contributed by atoms with Gasteiger partial charge in [-0.25, -0.2) is 9.97 Å². The van der Waals surface area contributed by atoms with Crippen LogP contribution in [0, 0.1) is 0 Å². The van der Waals surface area contributed by atoms with Gasteiger partial charge in [-0.15, -0.1) is 0 Å². The second kappa shape index (κ2) is 5.45. The van der Waals surface area contributed by atoms with Crippen molar-refractivity contribution in [3.8, 4) is 0 Å². The highest BCUT2D eigenvalue weighted by molar-refractivity contribution is 5.48. The minimum atomic E-state index is -0.337. The number of aryl methyl sites for hydroxylation is 1. The van der Waals surface area contributed by atoms with Crippen molar-refractivity contribution in [1.82, 2.24) is 9.97 Å². The fourth-order valence-corrected chi connectivity index (χ4v) is 2.49. The summed E-state index contributed by atoms with van der Waals surface area (Å²) in [5, 5.41) is 9.46. The summed E-state index contributed by atoms with van der Waals surface area (Å²) in [5.74, 6) is 0.998. The number of fused-ring (bicyclic) bond motifs is 1. The topological polar surface area (TPSA) is 49.2 Å². The zero-order valence-electron chi connectivity index (χ0n) is 10.7. The zero-order chi connectivity index (χ0) is 12.3. The normalized spacial score (nSPS) is 17.1. The van der Waals surface area contributed by atoms with Crippen molar-refractivity contribution in [2.75, 3.05) is 18.5 Å². The van der Waals surface area contributed by atoms with Crippen LogP contribution >= 0.6 is 0 Å². The highest BCUT2D eigenvalue weighted by Gasteiger charge is 2.17. The molecular weight excluding hydrogens is 214 g/mol. The maximum Gasteiger partial charge on any atom is 0.135 e. The van der Waals surface area contributed by atoms with E-state index in [0.717, 1.165) is 18.7 Å². The molecule has 4 nitrogen and oxygen atoms in total. The summed E-state index contributed by atoms with van der Waals surface area (Å²) in [5.41, 5.74) is 2.48. The second-order valence-electron chi connectivity index (χ2n) is 4.91. The van der Waals surface area contributed by atoms with Gasteiger partial charge < -0.3 is 10.0 Å². The Labute approximate surface area is 103 Å². The number of likely N-dealkylation sites (N-methyl/N-ethyl adjacent to an activating group) is 1. The lowest BCUT2D eigenvalue weighted by atomic mass is 10.1. The molecule has 17 heavy (non-hydrogen) atoms. The van der Waals surface area contributed by atoms with E-state index in [2.05, 4.69) is 9.97 Å². The molecule has 0 aromatic carbocycles. The van der Waals surface area contributed by atoms with Gasteiger partial charge in [0.25, 0.3) is 0 Å². The molecule has 1 aliphatic carbocycles. The number of aliphatic hydroxyl groups is 1. The van der Waals surface area contributed by atoms with Gasteiger partial charge >= 0.3 is 0 Å². The molecule has 1 N–H and O–H groups in total. The largest absolute Gasteiger partial charge is 0.392 e. The Morgan fingerprint density at radius 2 is 2.06 bits per heavy atom. The van der Waals surface area contributed by atoms with Gasteiger partial charge in [0.2, 0.25) is 0 Å². The van der Waals surface area contributed by atoms with Crippen molar-refractivity contribution in [3.63, 3.8) is 0 Å². The summed E-state index contributed by atoms with van der Waals surface area (Å²) in [6, 6.07) is 0. The molecule has 0 aliphatic heterocycles. The molecule has 0 saturated carbocycles. The molecule has 0 saturated heterocycles. The number of nitrogens with zero attached hydrogens (tertiary/aromatic N) is 3. The monoisotopic (exact) mass is 235 g/mol. The van der Waals surface area contributed by atoms with Crippen LogP contribution in [-0.2, 0) is 12.8 Å². The number of hydrogen-bond acceptors (Lipinski definition) is 4. The second-order valence-corrected chi connectivity index (χ2v) is 4.91. The molecule has 1 aromatic rings. The summed E-state index contributed by atoms with van der Waals surface area (Å²) in [6.07, 6.45) is 7.16. The standard InChI is InChI=1S/C13H21N3O/c1-10(17)8-16(2)13-11-6-4-3-5-7-12(11)14-9-15-13/h9-10,17H,3-8H2,1-2H3. The van der Waals surface area contributed by atoms with Crippen molar-refractivity contribution in [2.45, 2.75) is 45.1 Å². The highest BCUT2D eigenvalue weighted by atomic mass is 16.3. The summed E-state index contributed by atoms with van der Waals surface area (Å²) >= 11 is 0. The van der Waals surface area contributed by atoms with Crippen LogP contribution in [0.3, 0.4) is 0 Å². The smallest absolute Gasteiger partial charge is 0.135 e. The molecule has 0 bridgehead atoms. The minimum Gasteiger partial charge on any atom is -0.392 e. The lowest BCUT2D eigenvalue weighted by Gasteiger charge is -2.23. The molecule has 94 valence electrons. The number of aliphatic hydroxyl groups excluding tert-OH is 1. The first-order valence-corrected chi connectivity index (χ1v) is 6.40. The molecule has 0 radical (unpaired) electrons. The molecule has 1 aliphatic rings. The van der Waals surface area contributed by atoms with E-state index in [9.17, 15) is 5.11 Å². The molecule has 2 rings (SSSR count). The molecule has 0 amide bonds. The Kier molecular flexibility index (Phi) is 3.94. The maximum atomic E-state index is 9.46. The summed E-state index contributed by atoms with van der Waals surface area (Å²) in [6.45, 7) is 2.42. The van der Waals surface area contributed by atoms with Gasteiger partial charge in [-0.1, -0.05) is 6.42 Å². The molecule has 0 spiro atoms. The summed E-state index contributed by atoms with van der Waals surface area (Å²) in [4.78, 5) is 10.8. The number of rotatable bonds is 3. The van der Waals surface area contributed by atoms with Crippen LogP contribution in [0.15, 0.2) is 6.33 Å². The lowest BCUT2D eigenvalue weighted by molar-refractivity contribution is 0.201. The molecule has 0 fully saturated rings. The molecular formula is C13H21N3O. The first-order valence-electron chi connectivity index (χ1n) is 6.40. The Balaban J connectivity index is 2.27. The highest BCUT2D eigenvalue weighted by Crippen LogP contribution is 2.25. The third-order valence-corrected chi connectivity index (χ3v) is 3.25. The predicted octanol–water partition coefficient (Wildman–Crippen LogP) is 1.56. The zero-order valence-corrected chi connectivity index (χ0v) is 10.7. The SMILES string of the molecule is CC(O)CN(C)c1ncnc2c1CCCCC2. The van der Waals surface area contributed by atoms with Crippen molar-refractivity contribution in [3.05, 3.63) is 17.6 Å². The van der Waals surface area contributed by atoms with E-state index < -0.39 is 0 Å². The van der Waals surface area contributed by atoms with Crippen LogP contribution < -0.4 is 4.90 Å². The van der Waals surface area contributed by atoms with E-state index in [4.69, 9.17) is 0 Å². The fraction of sp³-hybridized carbons (Fsp3) is 0.692. The average Bonchev–Trinajstić information content (AvgIpc) is 2.52. The van der Waals surface area contributed by atoms with Gasteiger partial charge in [-0.2, -0.15) is 0 Å². The average molecular weight is 235 g/mol. The molecule has 1 unspecified atom stereocenters. The fourth-order valence-electron chi connectivity index (χ4n) is 2.49. The first kappa shape index (κ1) is 12.3. The number of aromatic nitrogens is 2. The first-order chi connectivity index (χ1) is 8.18. The van der Waals surface area contributed by atoms with Gasteiger partial charge in [-0.05, 0) is 32.6 Å². The van der Waals surface area contributed by atoms with E-state index in [1.165, 1.54) is 30.5 Å². The van der Waals surface area contributed by atoms with Gasteiger partial charge in [0.15, 0.2) is 0 Å². The minimum absolute atomic E-state index is 0.337. The number of anilines is 1. The van der Waals surface area contributed by atoms with Crippen LogP contribution in [0.5, 0.6) is 0 Å². The summed E-state index contributed by atoms with van der Waals surface area (Å²) < 4.78 is 0. The van der Waals surface area contributed by atoms with Crippen LogP contribution in [0.4, 0.5) is 5.82 Å². The quantitative estimate of drug-likeness (QED) is 0.808. The van der Waals surface area contributed by atoms with Gasteiger partial charge in [-0.3, -0.25) is 0 Å². The third-order valence-electron chi connectivity index (χ3n) is 3.25. The molecule has 1 atom stereocenters. The predicted molar refractivity (Wildman–Crippen MR) is 68.2 cm³/mol. The van der Waals surface area contributed by atoms with Gasteiger partial charge in [0.05, 0.1) is 6.10 Å². The maximum absolute atomic E-state index is 9.46. The Hall–Kier alpha value is -1.16. The van der Waals surface area contributed by atoms with Gasteiger partial charge in [0, 0.05) is 24.8 Å². The Morgan fingerprint density at radius 1 is 1.29 bits per heavy atom. The molecule has 1 aromatic heterocycles. The van der Waals surface area contributed by atoms with E-state index >= 15 is 0 Å². The van der Waals surface area contributed by atoms with E-state index in [0.29, 0.717) is 6.54 Å². The number of hydrogen-bond donors (Lipinski definition) is 1. The van der Waals surface area contributed by atoms with Crippen molar-refractivity contribution < 1.29 is 5.11 Å². The van der Waals surface area contributed by atoms with E-state index in [1.807, 2.05) is 11.9 Å². The van der Waals surface area contributed by atoms with E-state index in [-0.39, 0.29) is 6.10 Å². The molecule has 1 heterocycles. The van der Waals surface area contributed by atoms with E-state index in [1.54, 1.807) is 13.3 Å². The lowest BCUT2D eigenvalue weighted by Crippen LogP contribution is -2.29. The Morgan fingerprint density at radius 3 is 2.82 bits per heavy atom. The molecule has 4 heteroatoms. The Bertz CT molecular complexity index is 379. The van der Waals surface area contributed by atoms with Crippen LogP contribution in [0.25, 0.3) is 0 Å². The van der Waals surface area contributed by atoms with Crippen LogP contribution in [0.1, 0.15) is 37.4 Å². The van der Waals surface area contributed by atoms with Crippen LogP contribution in [0.2, 0.25) is 0 Å². The van der Waals surface area contributed by atoms with Crippen molar-refractivity contribution >= 4 is 5.82 Å². The van der Waals surface area contributed by atoms with Crippen LogP contribution in [-0.4, -0.2) is 34.8 Å². The van der Waals surface area contributed by atoms with Gasteiger partial charge in [0.1, 0.15) is 12.1 Å².